The van der Waals surface area contributed by atoms with E-state index >= 15 is 0 Å². The molecule has 1 N–H and O–H groups in total. The number of aryl methyl sites for hydroxylation is 1. The molecule has 0 amide bonds. The molecule has 0 atom stereocenters. The monoisotopic (exact) mass is 387 g/mol. The number of hydrogen-bond acceptors (Lipinski definition) is 5. The molecule has 5 nitrogen and oxygen atoms in total. The summed E-state index contributed by atoms with van der Waals surface area (Å²) < 4.78 is 0. The summed E-state index contributed by atoms with van der Waals surface area (Å²) >= 11 is 0. The van der Waals surface area contributed by atoms with Crippen LogP contribution in [0.25, 0.3) is 0 Å². The van der Waals surface area contributed by atoms with Gasteiger partial charge in [0, 0.05) is 45.5 Å². The van der Waals surface area contributed by atoms with Gasteiger partial charge in [0.1, 0.15) is 5.82 Å². The third-order valence-electron chi connectivity index (χ3n) is 5.34. The van der Waals surface area contributed by atoms with Crippen LogP contribution < -0.4 is 10.2 Å². The first-order valence-corrected chi connectivity index (χ1v) is 10.5. The molecule has 2 aromatic carbocycles. The molecule has 29 heavy (non-hydrogen) atoms. The molecule has 2 heterocycles. The number of benzene rings is 2. The van der Waals surface area contributed by atoms with Crippen molar-refractivity contribution in [2.24, 2.45) is 0 Å². The van der Waals surface area contributed by atoms with Gasteiger partial charge in [-0.1, -0.05) is 60.7 Å². The maximum absolute atomic E-state index is 4.74. The Morgan fingerprint density at radius 3 is 2.21 bits per heavy atom. The molecular formula is C24H29N5. The van der Waals surface area contributed by atoms with Crippen molar-refractivity contribution in [1.82, 2.24) is 14.9 Å². The summed E-state index contributed by atoms with van der Waals surface area (Å²) in [6, 6.07) is 23.3. The highest BCUT2D eigenvalue weighted by Gasteiger charge is 2.19. The van der Waals surface area contributed by atoms with E-state index in [1.165, 1.54) is 11.1 Å². The minimum atomic E-state index is 0.831. The van der Waals surface area contributed by atoms with Gasteiger partial charge in [-0.05, 0) is 30.0 Å². The summed E-state index contributed by atoms with van der Waals surface area (Å²) in [7, 11) is 0. The van der Waals surface area contributed by atoms with E-state index in [9.17, 15) is 0 Å². The summed E-state index contributed by atoms with van der Waals surface area (Å²) in [5.74, 6) is 1.74. The number of hydrogen-bond donors (Lipinski definition) is 1. The fourth-order valence-electron chi connectivity index (χ4n) is 3.70. The largest absolute Gasteiger partial charge is 0.370 e. The standard InChI is InChI=1S/C24H29N5/c1-3-8-21(9-4-1)12-7-14-25-23-13-15-26-24(27-23)29-18-16-28(17-19-29)20-22-10-5-2-6-11-22/h1-6,8-11,13,15H,7,12,14,16-20H2,(H,25,26,27). The van der Waals surface area contributed by atoms with Gasteiger partial charge in [-0.2, -0.15) is 4.98 Å². The van der Waals surface area contributed by atoms with E-state index in [4.69, 9.17) is 4.98 Å². The first-order valence-electron chi connectivity index (χ1n) is 10.5. The number of nitrogens with one attached hydrogen (secondary N) is 1. The molecule has 0 bridgehead atoms. The second-order valence-corrected chi connectivity index (χ2v) is 7.51. The Bertz CT molecular complexity index is 861. The second-order valence-electron chi connectivity index (χ2n) is 7.51. The summed E-state index contributed by atoms with van der Waals surface area (Å²) in [4.78, 5) is 14.0. The molecule has 3 aromatic rings. The van der Waals surface area contributed by atoms with Gasteiger partial charge < -0.3 is 10.2 Å². The topological polar surface area (TPSA) is 44.3 Å². The van der Waals surface area contributed by atoms with Gasteiger partial charge in [-0.15, -0.1) is 0 Å². The molecule has 5 heteroatoms. The zero-order chi connectivity index (χ0) is 19.7. The van der Waals surface area contributed by atoms with Crippen LogP contribution in [0, 0.1) is 0 Å². The lowest BCUT2D eigenvalue weighted by Crippen LogP contribution is -2.46. The van der Waals surface area contributed by atoms with Crippen molar-refractivity contribution >= 4 is 11.8 Å². The molecule has 0 saturated carbocycles. The Kier molecular flexibility index (Phi) is 6.71. The summed E-state index contributed by atoms with van der Waals surface area (Å²) in [6.45, 7) is 5.92. The van der Waals surface area contributed by atoms with E-state index in [1.54, 1.807) is 0 Å². The highest BCUT2D eigenvalue weighted by atomic mass is 15.3. The smallest absolute Gasteiger partial charge is 0.227 e. The fraction of sp³-hybridized carbons (Fsp3) is 0.333. The van der Waals surface area contributed by atoms with Gasteiger partial charge in [-0.3, -0.25) is 4.90 Å². The van der Waals surface area contributed by atoms with Crippen LogP contribution in [0.15, 0.2) is 72.9 Å². The maximum atomic E-state index is 4.74. The van der Waals surface area contributed by atoms with Crippen LogP contribution in [0.1, 0.15) is 17.5 Å². The first kappa shape index (κ1) is 19.4. The molecular weight excluding hydrogens is 358 g/mol. The lowest BCUT2D eigenvalue weighted by atomic mass is 10.1. The predicted molar refractivity (Wildman–Crippen MR) is 119 cm³/mol. The fourth-order valence-corrected chi connectivity index (χ4v) is 3.70. The highest BCUT2D eigenvalue weighted by molar-refractivity contribution is 5.41. The van der Waals surface area contributed by atoms with Gasteiger partial charge in [0.05, 0.1) is 0 Å². The summed E-state index contributed by atoms with van der Waals surface area (Å²) in [5.41, 5.74) is 2.75. The predicted octanol–water partition coefficient (Wildman–Crippen LogP) is 3.84. The van der Waals surface area contributed by atoms with Crippen LogP contribution in [0.3, 0.4) is 0 Å². The zero-order valence-electron chi connectivity index (χ0n) is 16.9. The van der Waals surface area contributed by atoms with Gasteiger partial charge >= 0.3 is 0 Å². The van der Waals surface area contributed by atoms with Crippen molar-refractivity contribution in [2.45, 2.75) is 19.4 Å². The molecule has 1 fully saturated rings. The quantitative estimate of drug-likeness (QED) is 0.595. The van der Waals surface area contributed by atoms with E-state index in [2.05, 4.69) is 80.8 Å². The zero-order valence-corrected chi connectivity index (χ0v) is 16.9. The second kappa shape index (κ2) is 10.0. The molecule has 0 aliphatic carbocycles. The van der Waals surface area contributed by atoms with Crippen molar-refractivity contribution < 1.29 is 0 Å². The van der Waals surface area contributed by atoms with Gasteiger partial charge in [-0.25, -0.2) is 4.98 Å². The minimum absolute atomic E-state index is 0.831. The third kappa shape index (κ3) is 5.78. The summed E-state index contributed by atoms with van der Waals surface area (Å²) in [6.07, 6.45) is 4.02. The van der Waals surface area contributed by atoms with Gasteiger partial charge in [0.2, 0.25) is 5.95 Å². The molecule has 1 aliphatic rings. The van der Waals surface area contributed by atoms with Crippen molar-refractivity contribution in [3.63, 3.8) is 0 Å². The van der Waals surface area contributed by atoms with Crippen molar-refractivity contribution in [3.8, 4) is 0 Å². The van der Waals surface area contributed by atoms with Crippen molar-refractivity contribution in [3.05, 3.63) is 84.1 Å². The van der Waals surface area contributed by atoms with Crippen LogP contribution in [-0.4, -0.2) is 47.6 Å². The van der Waals surface area contributed by atoms with Gasteiger partial charge in [0.25, 0.3) is 0 Å². The Morgan fingerprint density at radius 2 is 1.48 bits per heavy atom. The number of nitrogens with zero attached hydrogens (tertiary/aromatic N) is 4. The van der Waals surface area contributed by atoms with Crippen LogP contribution in [0.5, 0.6) is 0 Å². The first-order chi connectivity index (χ1) is 14.4. The maximum Gasteiger partial charge on any atom is 0.227 e. The summed E-state index contributed by atoms with van der Waals surface area (Å²) in [5, 5.41) is 3.45. The molecule has 4 rings (SSSR count). The molecule has 0 unspecified atom stereocenters. The Labute approximate surface area is 173 Å². The average molecular weight is 388 g/mol. The molecule has 1 aliphatic heterocycles. The molecule has 1 saturated heterocycles. The van der Waals surface area contributed by atoms with Crippen LogP contribution in [0.2, 0.25) is 0 Å². The van der Waals surface area contributed by atoms with E-state index < -0.39 is 0 Å². The Morgan fingerprint density at radius 1 is 0.793 bits per heavy atom. The lowest BCUT2D eigenvalue weighted by Gasteiger charge is -2.34. The normalized spacial score (nSPS) is 14.7. The van der Waals surface area contributed by atoms with Crippen LogP contribution in [0.4, 0.5) is 11.8 Å². The van der Waals surface area contributed by atoms with E-state index in [0.29, 0.717) is 0 Å². The number of aromatic nitrogens is 2. The minimum Gasteiger partial charge on any atom is -0.370 e. The van der Waals surface area contributed by atoms with Crippen molar-refractivity contribution in [2.75, 3.05) is 42.9 Å². The average Bonchev–Trinajstić information content (AvgIpc) is 2.79. The number of rotatable bonds is 8. The molecule has 0 radical (unpaired) electrons. The van der Waals surface area contributed by atoms with Crippen LogP contribution >= 0.6 is 0 Å². The van der Waals surface area contributed by atoms with E-state index in [0.717, 1.165) is 63.9 Å². The molecule has 1 aromatic heterocycles. The number of anilines is 2. The molecule has 0 spiro atoms. The highest BCUT2D eigenvalue weighted by Crippen LogP contribution is 2.15. The SMILES string of the molecule is c1ccc(CCCNc2ccnc(N3CCN(Cc4ccccc4)CC3)n2)cc1. The van der Waals surface area contributed by atoms with E-state index in [-0.39, 0.29) is 0 Å². The Balaban J connectivity index is 1.23. The van der Waals surface area contributed by atoms with Crippen molar-refractivity contribution in [1.29, 1.82) is 0 Å². The third-order valence-corrected chi connectivity index (χ3v) is 5.34. The Hall–Kier alpha value is -2.92. The van der Waals surface area contributed by atoms with Gasteiger partial charge in [0.15, 0.2) is 0 Å². The molecule has 150 valence electrons. The van der Waals surface area contributed by atoms with E-state index in [1.807, 2.05) is 12.3 Å². The van der Waals surface area contributed by atoms with Crippen LogP contribution in [-0.2, 0) is 13.0 Å². The lowest BCUT2D eigenvalue weighted by molar-refractivity contribution is 0.248. The number of piperazine rings is 1.